The maximum Gasteiger partial charge on any atom is 0.258 e. The number of carbonyl (C=O) groups is 1. The molecule has 0 spiro atoms. The second kappa shape index (κ2) is 6.79. The summed E-state index contributed by atoms with van der Waals surface area (Å²) in [5, 5.41) is 3.94. The highest BCUT2D eigenvalue weighted by molar-refractivity contribution is 5.79. The molecule has 1 N–H and O–H groups in total. The van der Waals surface area contributed by atoms with E-state index in [1.807, 2.05) is 69.3 Å². The van der Waals surface area contributed by atoms with Gasteiger partial charge in [-0.1, -0.05) is 36.4 Å². The number of amides is 1. The van der Waals surface area contributed by atoms with E-state index in [0.717, 1.165) is 33.6 Å². The average Bonchev–Trinajstić information content (AvgIpc) is 2.98. The number of benzene rings is 2. The van der Waals surface area contributed by atoms with E-state index in [1.54, 1.807) is 0 Å². The number of nitrogens with one attached hydrogen (secondary N) is 1. The number of aryl methyl sites for hydroxylation is 2. The summed E-state index contributed by atoms with van der Waals surface area (Å²) in [6, 6.07) is 15.4. The molecule has 0 aliphatic heterocycles. The van der Waals surface area contributed by atoms with Crippen LogP contribution in [0.3, 0.4) is 0 Å². The van der Waals surface area contributed by atoms with Crippen LogP contribution in [0.4, 0.5) is 0 Å². The quantitative estimate of drug-likeness (QED) is 0.761. The van der Waals surface area contributed by atoms with Crippen molar-refractivity contribution in [2.75, 3.05) is 6.61 Å². The Morgan fingerprint density at radius 2 is 1.83 bits per heavy atom. The summed E-state index contributed by atoms with van der Waals surface area (Å²) in [5.74, 6) is 1.33. The van der Waals surface area contributed by atoms with E-state index >= 15 is 0 Å². The summed E-state index contributed by atoms with van der Waals surface area (Å²) < 4.78 is 11.5. The minimum atomic E-state index is -0.216. The fourth-order valence-electron chi connectivity index (χ4n) is 2.73. The Labute approximate surface area is 141 Å². The maximum absolute atomic E-state index is 12.2. The van der Waals surface area contributed by atoms with E-state index in [-0.39, 0.29) is 18.6 Å². The molecule has 3 rings (SSSR count). The minimum absolute atomic E-state index is 0.0176. The predicted octanol–water partition coefficient (Wildman–Crippen LogP) is 4.31. The van der Waals surface area contributed by atoms with Gasteiger partial charge in [-0.2, -0.15) is 0 Å². The van der Waals surface area contributed by atoms with Crippen molar-refractivity contribution >= 4 is 16.9 Å². The van der Waals surface area contributed by atoms with Crippen molar-refractivity contribution in [1.82, 2.24) is 5.32 Å². The van der Waals surface area contributed by atoms with Gasteiger partial charge < -0.3 is 14.5 Å². The number of hydrogen-bond acceptors (Lipinski definition) is 3. The fourth-order valence-corrected chi connectivity index (χ4v) is 2.73. The van der Waals surface area contributed by atoms with Crippen molar-refractivity contribution in [3.8, 4) is 5.75 Å². The molecule has 1 heterocycles. The highest BCUT2D eigenvalue weighted by Gasteiger charge is 2.15. The van der Waals surface area contributed by atoms with Crippen LogP contribution in [0.15, 0.2) is 52.9 Å². The lowest BCUT2D eigenvalue weighted by atomic mass is 10.1. The topological polar surface area (TPSA) is 51.5 Å². The number of furan rings is 1. The van der Waals surface area contributed by atoms with Crippen LogP contribution < -0.4 is 10.1 Å². The molecule has 0 aliphatic carbocycles. The largest absolute Gasteiger partial charge is 0.483 e. The molecule has 24 heavy (non-hydrogen) atoms. The van der Waals surface area contributed by atoms with Gasteiger partial charge in [0.25, 0.3) is 5.91 Å². The summed E-state index contributed by atoms with van der Waals surface area (Å²) >= 11 is 0. The van der Waals surface area contributed by atoms with Gasteiger partial charge in [-0.25, -0.2) is 0 Å². The zero-order valence-corrected chi connectivity index (χ0v) is 14.1. The molecule has 2 aromatic carbocycles. The molecular formula is C20H21NO3. The van der Waals surface area contributed by atoms with E-state index in [0.29, 0.717) is 0 Å². The Balaban J connectivity index is 1.62. The van der Waals surface area contributed by atoms with Crippen molar-refractivity contribution < 1.29 is 13.9 Å². The molecule has 0 bridgehead atoms. The first-order chi connectivity index (χ1) is 11.5. The van der Waals surface area contributed by atoms with Gasteiger partial charge in [0.15, 0.2) is 6.61 Å². The smallest absolute Gasteiger partial charge is 0.258 e. The third kappa shape index (κ3) is 3.43. The Morgan fingerprint density at radius 3 is 2.54 bits per heavy atom. The normalized spacial score (nSPS) is 12.1. The first kappa shape index (κ1) is 16.1. The molecular weight excluding hydrogens is 302 g/mol. The molecule has 4 heteroatoms. The second-order valence-corrected chi connectivity index (χ2v) is 5.99. The van der Waals surface area contributed by atoms with Crippen molar-refractivity contribution in [2.24, 2.45) is 0 Å². The molecule has 0 saturated carbocycles. The van der Waals surface area contributed by atoms with Crippen molar-refractivity contribution in [2.45, 2.75) is 26.8 Å². The Morgan fingerprint density at radius 1 is 1.12 bits per heavy atom. The Hall–Kier alpha value is -2.75. The fraction of sp³-hybridized carbons (Fsp3) is 0.250. The van der Waals surface area contributed by atoms with Crippen LogP contribution in [0, 0.1) is 13.8 Å². The number of ether oxygens (including phenoxy) is 1. The molecule has 4 nitrogen and oxygen atoms in total. The summed E-state index contributed by atoms with van der Waals surface area (Å²) in [7, 11) is 0. The number of carbonyl (C=O) groups excluding carboxylic acids is 1. The lowest BCUT2D eigenvalue weighted by Gasteiger charge is -2.14. The number of hydrogen-bond donors (Lipinski definition) is 1. The van der Waals surface area contributed by atoms with Gasteiger partial charge in [-0.05, 0) is 44.0 Å². The highest BCUT2D eigenvalue weighted by atomic mass is 16.5. The van der Waals surface area contributed by atoms with E-state index in [2.05, 4.69) is 5.32 Å². The maximum atomic E-state index is 12.2. The van der Waals surface area contributed by atoms with Crippen LogP contribution in [0.25, 0.3) is 11.0 Å². The van der Waals surface area contributed by atoms with Crippen LogP contribution in [-0.2, 0) is 4.79 Å². The monoisotopic (exact) mass is 323 g/mol. The molecule has 124 valence electrons. The average molecular weight is 323 g/mol. The lowest BCUT2D eigenvalue weighted by molar-refractivity contribution is -0.123. The second-order valence-electron chi connectivity index (χ2n) is 5.99. The molecule has 1 aromatic heterocycles. The first-order valence-corrected chi connectivity index (χ1v) is 8.01. The summed E-state index contributed by atoms with van der Waals surface area (Å²) in [6.45, 7) is 5.82. The first-order valence-electron chi connectivity index (χ1n) is 8.01. The summed E-state index contributed by atoms with van der Waals surface area (Å²) in [6.07, 6.45) is 0. The van der Waals surface area contributed by atoms with Crippen LogP contribution in [-0.4, -0.2) is 12.5 Å². The molecule has 0 radical (unpaired) electrons. The van der Waals surface area contributed by atoms with Gasteiger partial charge >= 0.3 is 0 Å². The standard InChI is InChI=1S/C20H21NO3/c1-13-7-6-8-14(2)20(13)23-12-19(22)21-15(3)18-11-16-9-4-5-10-17(16)24-18/h4-11,15H,12H2,1-3H3,(H,21,22)/t15-/m1/s1. The third-order valence-corrected chi connectivity index (χ3v) is 4.01. The van der Waals surface area contributed by atoms with Gasteiger partial charge in [-0.3, -0.25) is 4.79 Å². The van der Waals surface area contributed by atoms with Gasteiger partial charge in [0.2, 0.25) is 0 Å². The molecule has 0 unspecified atom stereocenters. The van der Waals surface area contributed by atoms with Gasteiger partial charge in [0.1, 0.15) is 17.1 Å². The predicted molar refractivity (Wildman–Crippen MR) is 94.2 cm³/mol. The Bertz CT molecular complexity index is 813. The van der Waals surface area contributed by atoms with E-state index in [1.165, 1.54) is 0 Å². The van der Waals surface area contributed by atoms with Gasteiger partial charge in [0, 0.05) is 5.39 Å². The molecule has 0 saturated heterocycles. The minimum Gasteiger partial charge on any atom is -0.483 e. The van der Waals surface area contributed by atoms with Crippen LogP contribution in [0.5, 0.6) is 5.75 Å². The highest BCUT2D eigenvalue weighted by Crippen LogP contribution is 2.24. The van der Waals surface area contributed by atoms with Gasteiger partial charge in [0.05, 0.1) is 6.04 Å². The summed E-state index contributed by atoms with van der Waals surface area (Å²) in [4.78, 5) is 12.2. The van der Waals surface area contributed by atoms with Crippen molar-refractivity contribution in [3.05, 3.63) is 65.4 Å². The van der Waals surface area contributed by atoms with E-state index in [9.17, 15) is 4.79 Å². The zero-order valence-electron chi connectivity index (χ0n) is 14.1. The molecule has 3 aromatic rings. The summed E-state index contributed by atoms with van der Waals surface area (Å²) in [5.41, 5.74) is 2.86. The molecule has 1 amide bonds. The molecule has 0 aliphatic rings. The number of para-hydroxylation sites is 2. The number of fused-ring (bicyclic) bond motifs is 1. The van der Waals surface area contributed by atoms with E-state index in [4.69, 9.17) is 9.15 Å². The van der Waals surface area contributed by atoms with Crippen molar-refractivity contribution in [3.63, 3.8) is 0 Å². The van der Waals surface area contributed by atoms with Crippen LogP contribution >= 0.6 is 0 Å². The van der Waals surface area contributed by atoms with Gasteiger partial charge in [-0.15, -0.1) is 0 Å². The van der Waals surface area contributed by atoms with Crippen LogP contribution in [0.1, 0.15) is 29.9 Å². The van der Waals surface area contributed by atoms with Crippen molar-refractivity contribution in [1.29, 1.82) is 0 Å². The molecule has 0 fully saturated rings. The zero-order chi connectivity index (χ0) is 17.1. The lowest BCUT2D eigenvalue weighted by Crippen LogP contribution is -2.31. The van der Waals surface area contributed by atoms with Crippen LogP contribution in [0.2, 0.25) is 0 Å². The van der Waals surface area contributed by atoms with E-state index < -0.39 is 0 Å². The number of rotatable bonds is 5. The Kier molecular flexibility index (Phi) is 4.56. The molecule has 1 atom stereocenters. The SMILES string of the molecule is Cc1cccc(C)c1OCC(=O)N[C@H](C)c1cc2ccccc2o1. The third-order valence-electron chi connectivity index (χ3n) is 4.01.